The highest BCUT2D eigenvalue weighted by molar-refractivity contribution is 5.82. The monoisotopic (exact) mass is 225 g/mol. The van der Waals surface area contributed by atoms with E-state index in [-0.39, 0.29) is 17.9 Å². The fraction of sp³-hybridized carbons (Fsp3) is 0.818. The molecule has 1 N–H and O–H groups in total. The van der Waals surface area contributed by atoms with E-state index in [9.17, 15) is 9.59 Å². The van der Waals surface area contributed by atoms with Crippen molar-refractivity contribution in [2.24, 2.45) is 0 Å². The fourth-order valence-corrected chi connectivity index (χ4v) is 2.36. The Morgan fingerprint density at radius 3 is 2.25 bits per heavy atom. The Morgan fingerprint density at radius 2 is 1.75 bits per heavy atom. The van der Waals surface area contributed by atoms with Crippen molar-refractivity contribution in [2.75, 3.05) is 32.7 Å². The van der Waals surface area contributed by atoms with Crippen molar-refractivity contribution in [3.05, 3.63) is 0 Å². The zero-order chi connectivity index (χ0) is 11.5. The van der Waals surface area contributed by atoms with Crippen molar-refractivity contribution in [2.45, 2.75) is 25.8 Å². The second kappa shape index (κ2) is 4.82. The van der Waals surface area contributed by atoms with Gasteiger partial charge in [0.25, 0.3) is 0 Å². The van der Waals surface area contributed by atoms with Gasteiger partial charge in [-0.15, -0.1) is 0 Å². The minimum absolute atomic E-state index is 0.0175. The Morgan fingerprint density at radius 1 is 1.12 bits per heavy atom. The molecule has 0 aliphatic carbocycles. The molecule has 90 valence electrons. The van der Waals surface area contributed by atoms with E-state index in [0.29, 0.717) is 26.2 Å². The van der Waals surface area contributed by atoms with E-state index in [1.165, 1.54) is 0 Å². The van der Waals surface area contributed by atoms with Gasteiger partial charge in [-0.25, -0.2) is 0 Å². The molecule has 5 heteroatoms. The van der Waals surface area contributed by atoms with Crippen molar-refractivity contribution in [3.8, 4) is 0 Å². The Kier molecular flexibility index (Phi) is 3.43. The van der Waals surface area contributed by atoms with Crippen LogP contribution in [0.3, 0.4) is 0 Å². The SMILES string of the molecule is CC(=O)N1CCN(C(=O)C2CCCN2)CC1. The van der Waals surface area contributed by atoms with Gasteiger partial charge >= 0.3 is 0 Å². The van der Waals surface area contributed by atoms with E-state index in [4.69, 9.17) is 0 Å². The first kappa shape index (κ1) is 11.4. The average molecular weight is 225 g/mol. The predicted molar refractivity (Wildman–Crippen MR) is 59.9 cm³/mol. The highest BCUT2D eigenvalue weighted by atomic mass is 16.2. The molecule has 0 spiro atoms. The van der Waals surface area contributed by atoms with Crippen LogP contribution in [-0.2, 0) is 9.59 Å². The summed E-state index contributed by atoms with van der Waals surface area (Å²) in [4.78, 5) is 26.9. The first-order valence-corrected chi connectivity index (χ1v) is 5.96. The number of hydrogen-bond acceptors (Lipinski definition) is 3. The number of nitrogens with one attached hydrogen (secondary N) is 1. The molecule has 0 aromatic rings. The minimum Gasteiger partial charge on any atom is -0.339 e. The van der Waals surface area contributed by atoms with E-state index >= 15 is 0 Å². The minimum atomic E-state index is 0.0175. The van der Waals surface area contributed by atoms with Gasteiger partial charge in [-0.3, -0.25) is 9.59 Å². The summed E-state index contributed by atoms with van der Waals surface area (Å²) in [5.41, 5.74) is 0. The Balaban J connectivity index is 1.84. The molecule has 0 aromatic carbocycles. The molecule has 2 heterocycles. The van der Waals surface area contributed by atoms with Crippen LogP contribution in [-0.4, -0.2) is 60.4 Å². The van der Waals surface area contributed by atoms with Crippen LogP contribution in [0.4, 0.5) is 0 Å². The molecule has 1 unspecified atom stereocenters. The molecule has 0 saturated carbocycles. The predicted octanol–water partition coefficient (Wildman–Crippen LogP) is -0.571. The zero-order valence-corrected chi connectivity index (χ0v) is 9.74. The van der Waals surface area contributed by atoms with E-state index < -0.39 is 0 Å². The average Bonchev–Trinajstić information content (AvgIpc) is 2.81. The molecule has 2 saturated heterocycles. The molecule has 0 aromatic heterocycles. The lowest BCUT2D eigenvalue weighted by atomic mass is 10.2. The molecular weight excluding hydrogens is 206 g/mol. The number of carbonyl (C=O) groups is 2. The summed E-state index contributed by atoms with van der Waals surface area (Å²) in [5.74, 6) is 0.312. The van der Waals surface area contributed by atoms with Gasteiger partial charge in [-0.1, -0.05) is 0 Å². The third kappa shape index (κ3) is 2.35. The number of amides is 2. The molecule has 5 nitrogen and oxygen atoms in total. The van der Waals surface area contributed by atoms with Crippen LogP contribution in [0.1, 0.15) is 19.8 Å². The Hall–Kier alpha value is -1.10. The van der Waals surface area contributed by atoms with E-state index in [0.717, 1.165) is 19.4 Å². The standard InChI is InChI=1S/C11H19N3O2/c1-9(15)13-5-7-14(8-6-13)11(16)10-3-2-4-12-10/h10,12H,2-8H2,1H3. The third-order valence-corrected chi connectivity index (χ3v) is 3.40. The summed E-state index contributed by atoms with van der Waals surface area (Å²) >= 11 is 0. The molecule has 1 atom stereocenters. The molecule has 2 rings (SSSR count). The highest BCUT2D eigenvalue weighted by Crippen LogP contribution is 2.10. The maximum absolute atomic E-state index is 12.0. The van der Waals surface area contributed by atoms with Crippen LogP contribution in [0.15, 0.2) is 0 Å². The van der Waals surface area contributed by atoms with E-state index in [1.54, 1.807) is 11.8 Å². The van der Waals surface area contributed by atoms with Crippen LogP contribution in [0.2, 0.25) is 0 Å². The molecule has 2 aliphatic heterocycles. The van der Waals surface area contributed by atoms with Crippen LogP contribution < -0.4 is 5.32 Å². The van der Waals surface area contributed by atoms with Crippen LogP contribution >= 0.6 is 0 Å². The third-order valence-electron chi connectivity index (χ3n) is 3.40. The zero-order valence-electron chi connectivity index (χ0n) is 9.74. The maximum Gasteiger partial charge on any atom is 0.239 e. The lowest BCUT2D eigenvalue weighted by molar-refractivity contribution is -0.139. The molecule has 2 aliphatic rings. The highest BCUT2D eigenvalue weighted by Gasteiger charge is 2.29. The second-order valence-corrected chi connectivity index (χ2v) is 4.48. The van der Waals surface area contributed by atoms with Gasteiger partial charge in [0.05, 0.1) is 6.04 Å². The van der Waals surface area contributed by atoms with Crippen molar-refractivity contribution >= 4 is 11.8 Å². The molecular formula is C11H19N3O2. The Labute approximate surface area is 95.8 Å². The smallest absolute Gasteiger partial charge is 0.239 e. The lowest BCUT2D eigenvalue weighted by Crippen LogP contribution is -2.53. The topological polar surface area (TPSA) is 52.7 Å². The van der Waals surface area contributed by atoms with Gasteiger partial charge in [-0.05, 0) is 19.4 Å². The van der Waals surface area contributed by atoms with Gasteiger partial charge in [0.15, 0.2) is 0 Å². The van der Waals surface area contributed by atoms with Crippen LogP contribution in [0.5, 0.6) is 0 Å². The van der Waals surface area contributed by atoms with Gasteiger partial charge in [-0.2, -0.15) is 0 Å². The number of piperazine rings is 1. The van der Waals surface area contributed by atoms with Crippen molar-refractivity contribution in [1.29, 1.82) is 0 Å². The van der Waals surface area contributed by atoms with E-state index in [1.807, 2.05) is 4.90 Å². The number of hydrogen-bond donors (Lipinski definition) is 1. The summed E-state index contributed by atoms with van der Waals surface area (Å²) in [6.07, 6.45) is 2.04. The molecule has 2 fully saturated rings. The van der Waals surface area contributed by atoms with E-state index in [2.05, 4.69) is 5.32 Å². The quantitative estimate of drug-likeness (QED) is 0.650. The van der Waals surface area contributed by atoms with Gasteiger partial charge < -0.3 is 15.1 Å². The van der Waals surface area contributed by atoms with Gasteiger partial charge in [0.2, 0.25) is 11.8 Å². The first-order valence-electron chi connectivity index (χ1n) is 5.96. The van der Waals surface area contributed by atoms with Gasteiger partial charge in [0.1, 0.15) is 0 Å². The molecule has 0 radical (unpaired) electrons. The lowest BCUT2D eigenvalue weighted by Gasteiger charge is -2.35. The van der Waals surface area contributed by atoms with Crippen molar-refractivity contribution in [3.63, 3.8) is 0 Å². The van der Waals surface area contributed by atoms with Crippen molar-refractivity contribution in [1.82, 2.24) is 15.1 Å². The summed E-state index contributed by atoms with van der Waals surface area (Å²) in [6.45, 7) is 5.23. The summed E-state index contributed by atoms with van der Waals surface area (Å²) in [6, 6.07) is 0.0175. The largest absolute Gasteiger partial charge is 0.339 e. The molecule has 0 bridgehead atoms. The number of carbonyl (C=O) groups excluding carboxylic acids is 2. The molecule has 2 amide bonds. The normalized spacial score (nSPS) is 25.9. The summed E-state index contributed by atoms with van der Waals surface area (Å²) in [7, 11) is 0. The number of nitrogens with zero attached hydrogens (tertiary/aromatic N) is 2. The van der Waals surface area contributed by atoms with Crippen LogP contribution in [0, 0.1) is 0 Å². The molecule has 16 heavy (non-hydrogen) atoms. The summed E-state index contributed by atoms with van der Waals surface area (Å²) < 4.78 is 0. The second-order valence-electron chi connectivity index (χ2n) is 4.48. The van der Waals surface area contributed by atoms with Gasteiger partial charge in [0, 0.05) is 33.1 Å². The first-order chi connectivity index (χ1) is 7.68. The Bertz CT molecular complexity index is 279. The van der Waals surface area contributed by atoms with Crippen LogP contribution in [0.25, 0.3) is 0 Å². The maximum atomic E-state index is 12.0. The fourth-order valence-electron chi connectivity index (χ4n) is 2.36. The number of rotatable bonds is 1. The summed E-state index contributed by atoms with van der Waals surface area (Å²) in [5, 5.41) is 3.22. The van der Waals surface area contributed by atoms with Crippen molar-refractivity contribution < 1.29 is 9.59 Å².